The molecule has 2 unspecified atom stereocenters. The SMILES string of the molecule is CC(C)C(Br)C(C)c1ccc(C(F)(F)F)cc1. The van der Waals surface area contributed by atoms with E-state index in [2.05, 4.69) is 29.8 Å². The number of halogens is 4. The Balaban J connectivity index is 2.88. The summed E-state index contributed by atoms with van der Waals surface area (Å²) in [6.45, 7) is 6.18. The highest BCUT2D eigenvalue weighted by atomic mass is 79.9. The van der Waals surface area contributed by atoms with Crippen LogP contribution in [0.15, 0.2) is 24.3 Å². The van der Waals surface area contributed by atoms with Gasteiger partial charge >= 0.3 is 6.18 Å². The third-order valence-electron chi connectivity index (χ3n) is 2.88. The third kappa shape index (κ3) is 3.73. The molecule has 0 N–H and O–H groups in total. The second-order valence-corrected chi connectivity index (χ2v) is 5.65. The van der Waals surface area contributed by atoms with E-state index >= 15 is 0 Å². The van der Waals surface area contributed by atoms with Gasteiger partial charge in [0.2, 0.25) is 0 Å². The molecule has 0 aromatic heterocycles. The van der Waals surface area contributed by atoms with Crippen molar-refractivity contribution in [2.24, 2.45) is 5.92 Å². The lowest BCUT2D eigenvalue weighted by molar-refractivity contribution is -0.137. The Morgan fingerprint density at radius 3 is 1.82 bits per heavy atom. The standard InChI is InChI=1S/C13H16BrF3/c1-8(2)12(14)9(3)10-4-6-11(7-5-10)13(15,16)17/h4-9,12H,1-3H3. The Labute approximate surface area is 108 Å². The Bertz CT molecular complexity index is 354. The van der Waals surface area contributed by atoms with Crippen molar-refractivity contribution in [2.45, 2.75) is 37.7 Å². The number of rotatable bonds is 3. The van der Waals surface area contributed by atoms with E-state index in [1.807, 2.05) is 6.92 Å². The molecule has 96 valence electrons. The molecule has 0 amide bonds. The van der Waals surface area contributed by atoms with Crippen LogP contribution in [-0.4, -0.2) is 4.83 Å². The maximum absolute atomic E-state index is 12.4. The van der Waals surface area contributed by atoms with Crippen molar-refractivity contribution in [1.29, 1.82) is 0 Å². The first kappa shape index (κ1) is 14.6. The van der Waals surface area contributed by atoms with Crippen molar-refractivity contribution in [3.8, 4) is 0 Å². The van der Waals surface area contributed by atoms with Gasteiger partial charge in [-0.1, -0.05) is 48.8 Å². The summed E-state index contributed by atoms with van der Waals surface area (Å²) in [5, 5.41) is 0. The summed E-state index contributed by atoms with van der Waals surface area (Å²) in [5.41, 5.74) is 0.331. The third-order valence-corrected chi connectivity index (χ3v) is 4.73. The van der Waals surface area contributed by atoms with Gasteiger partial charge < -0.3 is 0 Å². The van der Waals surface area contributed by atoms with Crippen molar-refractivity contribution in [3.63, 3.8) is 0 Å². The number of alkyl halides is 4. The highest BCUT2D eigenvalue weighted by molar-refractivity contribution is 9.09. The summed E-state index contributed by atoms with van der Waals surface area (Å²) in [7, 11) is 0. The molecule has 0 nitrogen and oxygen atoms in total. The average molecular weight is 309 g/mol. The molecule has 0 saturated carbocycles. The second-order valence-electron chi connectivity index (χ2n) is 4.60. The fourth-order valence-corrected chi connectivity index (χ4v) is 2.04. The van der Waals surface area contributed by atoms with Crippen LogP contribution in [0, 0.1) is 5.92 Å². The normalized spacial score (nSPS) is 16.0. The molecule has 0 aliphatic rings. The van der Waals surface area contributed by atoms with Crippen LogP contribution >= 0.6 is 15.9 Å². The van der Waals surface area contributed by atoms with E-state index in [1.54, 1.807) is 12.1 Å². The van der Waals surface area contributed by atoms with Crippen LogP contribution in [0.3, 0.4) is 0 Å². The summed E-state index contributed by atoms with van der Waals surface area (Å²) in [6, 6.07) is 5.41. The first-order chi connectivity index (χ1) is 7.73. The maximum atomic E-state index is 12.4. The summed E-state index contributed by atoms with van der Waals surface area (Å²) in [6.07, 6.45) is -4.26. The smallest absolute Gasteiger partial charge is 0.166 e. The number of hydrogen-bond acceptors (Lipinski definition) is 0. The van der Waals surface area contributed by atoms with E-state index in [4.69, 9.17) is 0 Å². The Morgan fingerprint density at radius 1 is 1.00 bits per heavy atom. The molecule has 0 saturated heterocycles. The van der Waals surface area contributed by atoms with Crippen LogP contribution in [-0.2, 0) is 6.18 Å². The topological polar surface area (TPSA) is 0 Å². The monoisotopic (exact) mass is 308 g/mol. The van der Waals surface area contributed by atoms with Crippen LogP contribution in [0.25, 0.3) is 0 Å². The molecule has 0 heterocycles. The number of benzene rings is 1. The van der Waals surface area contributed by atoms with Crippen LogP contribution in [0.4, 0.5) is 13.2 Å². The fraction of sp³-hybridized carbons (Fsp3) is 0.538. The molecule has 4 heteroatoms. The van der Waals surface area contributed by atoms with E-state index in [-0.39, 0.29) is 10.7 Å². The van der Waals surface area contributed by atoms with Crippen molar-refractivity contribution in [2.75, 3.05) is 0 Å². The van der Waals surface area contributed by atoms with Gasteiger partial charge in [-0.2, -0.15) is 13.2 Å². The van der Waals surface area contributed by atoms with Crippen LogP contribution < -0.4 is 0 Å². The molecule has 0 radical (unpaired) electrons. The van der Waals surface area contributed by atoms with E-state index < -0.39 is 11.7 Å². The molecule has 0 fully saturated rings. The quantitative estimate of drug-likeness (QED) is 0.671. The molecule has 0 aliphatic heterocycles. The minimum absolute atomic E-state index is 0.192. The van der Waals surface area contributed by atoms with Gasteiger partial charge in [0.1, 0.15) is 0 Å². The molecule has 1 aromatic carbocycles. The van der Waals surface area contributed by atoms with Gasteiger partial charge in [-0.25, -0.2) is 0 Å². The lowest BCUT2D eigenvalue weighted by Gasteiger charge is -2.22. The maximum Gasteiger partial charge on any atom is 0.416 e. The molecule has 2 atom stereocenters. The molecule has 17 heavy (non-hydrogen) atoms. The van der Waals surface area contributed by atoms with Gasteiger partial charge in [0.25, 0.3) is 0 Å². The van der Waals surface area contributed by atoms with Gasteiger partial charge in [0.05, 0.1) is 5.56 Å². The lowest BCUT2D eigenvalue weighted by Crippen LogP contribution is -2.16. The van der Waals surface area contributed by atoms with Gasteiger partial charge in [0.15, 0.2) is 0 Å². The van der Waals surface area contributed by atoms with Crippen molar-refractivity contribution >= 4 is 15.9 Å². The van der Waals surface area contributed by atoms with Crippen molar-refractivity contribution < 1.29 is 13.2 Å². The molecule has 0 spiro atoms. The highest BCUT2D eigenvalue weighted by Gasteiger charge is 2.30. The minimum atomic E-state index is -4.26. The van der Waals surface area contributed by atoms with Crippen molar-refractivity contribution in [3.05, 3.63) is 35.4 Å². The van der Waals surface area contributed by atoms with E-state index in [0.29, 0.717) is 5.92 Å². The van der Waals surface area contributed by atoms with Crippen LogP contribution in [0.1, 0.15) is 37.8 Å². The molecule has 0 aliphatic carbocycles. The number of hydrogen-bond donors (Lipinski definition) is 0. The summed E-state index contributed by atoms with van der Waals surface area (Å²) >= 11 is 3.58. The first-order valence-corrected chi connectivity index (χ1v) is 6.46. The minimum Gasteiger partial charge on any atom is -0.166 e. The highest BCUT2D eigenvalue weighted by Crippen LogP contribution is 2.33. The van der Waals surface area contributed by atoms with Gasteiger partial charge in [0, 0.05) is 4.83 Å². The Hall–Kier alpha value is -0.510. The lowest BCUT2D eigenvalue weighted by atomic mass is 9.91. The van der Waals surface area contributed by atoms with E-state index in [9.17, 15) is 13.2 Å². The zero-order valence-electron chi connectivity index (χ0n) is 10.1. The summed E-state index contributed by atoms with van der Waals surface area (Å²) in [5.74, 6) is 0.629. The molecular weight excluding hydrogens is 293 g/mol. The molecule has 1 aromatic rings. The fourth-order valence-electron chi connectivity index (χ4n) is 1.74. The van der Waals surface area contributed by atoms with Gasteiger partial charge in [-0.05, 0) is 29.5 Å². The van der Waals surface area contributed by atoms with Gasteiger partial charge in [-0.15, -0.1) is 0 Å². The van der Waals surface area contributed by atoms with E-state index in [0.717, 1.165) is 17.7 Å². The Kier molecular flexibility index (Phi) is 4.64. The van der Waals surface area contributed by atoms with Crippen molar-refractivity contribution in [1.82, 2.24) is 0 Å². The molecule has 0 bridgehead atoms. The first-order valence-electron chi connectivity index (χ1n) is 5.54. The Morgan fingerprint density at radius 2 is 1.47 bits per heavy atom. The van der Waals surface area contributed by atoms with Crippen LogP contribution in [0.2, 0.25) is 0 Å². The predicted octanol–water partition coefficient (Wildman–Crippen LogP) is 5.23. The largest absolute Gasteiger partial charge is 0.416 e. The zero-order valence-corrected chi connectivity index (χ0v) is 11.6. The second kappa shape index (κ2) is 5.42. The van der Waals surface area contributed by atoms with Crippen LogP contribution in [0.5, 0.6) is 0 Å². The van der Waals surface area contributed by atoms with Gasteiger partial charge in [-0.3, -0.25) is 0 Å². The molecular formula is C13H16BrF3. The summed E-state index contributed by atoms with van der Waals surface area (Å²) < 4.78 is 37.2. The summed E-state index contributed by atoms with van der Waals surface area (Å²) in [4.78, 5) is 0.263. The van der Waals surface area contributed by atoms with E-state index in [1.165, 1.54) is 0 Å². The average Bonchev–Trinajstić information content (AvgIpc) is 2.26. The molecule has 1 rings (SSSR count). The predicted molar refractivity (Wildman–Crippen MR) is 67.4 cm³/mol. The zero-order chi connectivity index (χ0) is 13.2.